The molecular weight excluding hydrogens is 468 g/mol. The number of nitrogen functional groups attached to an aromatic ring is 1. The number of carbonyl (C=O) groups excluding carboxylic acids is 2. The summed E-state index contributed by atoms with van der Waals surface area (Å²) >= 11 is 0. The molecule has 0 bridgehead atoms. The third-order valence-corrected chi connectivity index (χ3v) is 6.58. The summed E-state index contributed by atoms with van der Waals surface area (Å²) in [4.78, 5) is 26.1. The van der Waals surface area contributed by atoms with Crippen molar-refractivity contribution < 1.29 is 14.3 Å². The number of hydrogen-bond acceptors (Lipinski definition) is 6. The topological polar surface area (TPSA) is 140 Å². The van der Waals surface area contributed by atoms with Crippen LogP contribution in [0.4, 0.5) is 5.69 Å². The van der Waals surface area contributed by atoms with Crippen LogP contribution in [-0.4, -0.2) is 40.1 Å². The van der Waals surface area contributed by atoms with E-state index in [9.17, 15) is 14.9 Å². The van der Waals surface area contributed by atoms with Crippen LogP contribution >= 0.6 is 0 Å². The van der Waals surface area contributed by atoms with Gasteiger partial charge >= 0.3 is 0 Å². The lowest BCUT2D eigenvalue weighted by Gasteiger charge is -2.15. The van der Waals surface area contributed by atoms with E-state index in [0.29, 0.717) is 28.9 Å². The van der Waals surface area contributed by atoms with Gasteiger partial charge in [0.1, 0.15) is 11.8 Å². The standard InChI is InChI=1S/C28H24N6O3/c1-16(27(31)35)13-33-15-22-20(8-9-23(30)26(22)28(33)36)18-5-10-25-21(11-18)24(12-29)32-34(25)14-17-3-6-19(37-2)7-4-17/h3-11H,1,13-15,30H2,2H3,(H2,31,35). The number of nitriles is 1. The number of carbonyl (C=O) groups is 2. The quantitative estimate of drug-likeness (QED) is 0.300. The minimum Gasteiger partial charge on any atom is -0.497 e. The van der Waals surface area contributed by atoms with Crippen LogP contribution in [0.3, 0.4) is 0 Å². The number of rotatable bonds is 7. The predicted octanol–water partition coefficient (Wildman–Crippen LogP) is 3.21. The number of methoxy groups -OCH3 is 1. The number of benzene rings is 3. The highest BCUT2D eigenvalue weighted by atomic mass is 16.5. The van der Waals surface area contributed by atoms with Crippen molar-refractivity contribution in [2.24, 2.45) is 5.73 Å². The summed E-state index contributed by atoms with van der Waals surface area (Å²) in [5.74, 6) is -0.163. The average molecular weight is 493 g/mol. The highest BCUT2D eigenvalue weighted by Crippen LogP contribution is 2.37. The third-order valence-electron chi connectivity index (χ3n) is 6.58. The fraction of sp³-hybridized carbons (Fsp3) is 0.143. The molecule has 0 spiro atoms. The Balaban J connectivity index is 1.53. The van der Waals surface area contributed by atoms with Crippen LogP contribution in [-0.2, 0) is 17.9 Å². The van der Waals surface area contributed by atoms with Gasteiger partial charge in [-0.25, -0.2) is 0 Å². The van der Waals surface area contributed by atoms with E-state index < -0.39 is 5.91 Å². The fourth-order valence-corrected chi connectivity index (χ4v) is 4.66. The lowest BCUT2D eigenvalue weighted by atomic mass is 9.95. The predicted molar refractivity (Wildman–Crippen MR) is 139 cm³/mol. The zero-order valence-electron chi connectivity index (χ0n) is 20.2. The molecule has 0 aliphatic carbocycles. The van der Waals surface area contributed by atoms with Crippen molar-refractivity contribution in [2.45, 2.75) is 13.1 Å². The van der Waals surface area contributed by atoms with Crippen LogP contribution in [0.15, 0.2) is 66.7 Å². The summed E-state index contributed by atoms with van der Waals surface area (Å²) in [5, 5.41) is 15.0. The van der Waals surface area contributed by atoms with Crippen molar-refractivity contribution in [3.8, 4) is 22.9 Å². The maximum absolute atomic E-state index is 13.1. The molecule has 0 fully saturated rings. The van der Waals surface area contributed by atoms with E-state index in [2.05, 4.69) is 17.7 Å². The van der Waals surface area contributed by atoms with Crippen LogP contribution in [0.1, 0.15) is 27.2 Å². The second-order valence-electron chi connectivity index (χ2n) is 8.88. The van der Waals surface area contributed by atoms with Gasteiger partial charge in [-0.05, 0) is 52.6 Å². The van der Waals surface area contributed by atoms with E-state index in [1.807, 2.05) is 48.5 Å². The largest absolute Gasteiger partial charge is 0.497 e. The molecule has 5 rings (SSSR count). The van der Waals surface area contributed by atoms with E-state index in [-0.39, 0.29) is 24.6 Å². The Morgan fingerprint density at radius 2 is 1.95 bits per heavy atom. The summed E-state index contributed by atoms with van der Waals surface area (Å²) in [6, 6.07) is 19.2. The molecule has 4 aromatic rings. The molecule has 9 heteroatoms. The van der Waals surface area contributed by atoms with Crippen molar-refractivity contribution in [1.82, 2.24) is 14.7 Å². The first kappa shape index (κ1) is 23.6. The second-order valence-corrected chi connectivity index (χ2v) is 8.88. The molecule has 0 atom stereocenters. The Morgan fingerprint density at radius 1 is 1.19 bits per heavy atom. The molecular formula is C28H24N6O3. The number of anilines is 1. The maximum Gasteiger partial charge on any atom is 0.256 e. The smallest absolute Gasteiger partial charge is 0.256 e. The monoisotopic (exact) mass is 492 g/mol. The van der Waals surface area contributed by atoms with Gasteiger partial charge in [0.2, 0.25) is 5.91 Å². The molecule has 184 valence electrons. The Bertz CT molecular complexity index is 1630. The number of amides is 2. The molecule has 1 aliphatic heterocycles. The lowest BCUT2D eigenvalue weighted by molar-refractivity contribution is -0.114. The maximum atomic E-state index is 13.1. The molecule has 0 saturated heterocycles. The SMILES string of the molecule is C=C(CN1Cc2c(-c3ccc4c(c3)c(C#N)nn4Cc3ccc(OC)cc3)ccc(N)c2C1=O)C(N)=O. The van der Waals surface area contributed by atoms with Gasteiger partial charge in [-0.3, -0.25) is 14.3 Å². The molecule has 3 aromatic carbocycles. The van der Waals surface area contributed by atoms with Gasteiger partial charge in [-0.1, -0.05) is 30.8 Å². The van der Waals surface area contributed by atoms with Crippen molar-refractivity contribution in [3.63, 3.8) is 0 Å². The van der Waals surface area contributed by atoms with Gasteiger partial charge in [-0.15, -0.1) is 0 Å². The van der Waals surface area contributed by atoms with Crippen LogP contribution in [0.2, 0.25) is 0 Å². The molecule has 4 N–H and O–H groups in total. The number of fused-ring (bicyclic) bond motifs is 2. The minimum absolute atomic E-state index is 0.0253. The van der Waals surface area contributed by atoms with Crippen LogP contribution in [0.25, 0.3) is 22.0 Å². The Kier molecular flexibility index (Phi) is 5.85. The van der Waals surface area contributed by atoms with Crippen molar-refractivity contribution in [3.05, 3.63) is 89.1 Å². The molecule has 2 amide bonds. The number of aromatic nitrogens is 2. The second kappa shape index (κ2) is 9.17. The Morgan fingerprint density at radius 3 is 2.62 bits per heavy atom. The van der Waals surface area contributed by atoms with Crippen molar-refractivity contribution in [1.29, 1.82) is 5.26 Å². The molecule has 37 heavy (non-hydrogen) atoms. The number of nitrogens with zero attached hydrogens (tertiary/aromatic N) is 4. The normalized spacial score (nSPS) is 12.4. The fourth-order valence-electron chi connectivity index (χ4n) is 4.66. The summed E-state index contributed by atoms with van der Waals surface area (Å²) in [5.41, 5.74) is 17.0. The van der Waals surface area contributed by atoms with Crippen LogP contribution < -0.4 is 16.2 Å². The zero-order chi connectivity index (χ0) is 26.3. The first-order valence-electron chi connectivity index (χ1n) is 11.5. The summed E-state index contributed by atoms with van der Waals surface area (Å²) in [7, 11) is 1.62. The van der Waals surface area contributed by atoms with Gasteiger partial charge in [0.05, 0.1) is 31.3 Å². The lowest BCUT2D eigenvalue weighted by Crippen LogP contribution is -2.30. The average Bonchev–Trinajstić information content (AvgIpc) is 3.41. The van der Waals surface area contributed by atoms with Crippen LogP contribution in [0, 0.1) is 11.3 Å². The number of hydrogen-bond donors (Lipinski definition) is 2. The minimum atomic E-state index is -0.655. The molecule has 9 nitrogen and oxygen atoms in total. The zero-order valence-corrected chi connectivity index (χ0v) is 20.2. The molecule has 2 heterocycles. The van der Waals surface area contributed by atoms with Gasteiger partial charge in [0.15, 0.2) is 5.69 Å². The van der Waals surface area contributed by atoms with Gasteiger partial charge < -0.3 is 21.1 Å². The van der Waals surface area contributed by atoms with Gasteiger partial charge in [-0.2, -0.15) is 10.4 Å². The highest BCUT2D eigenvalue weighted by Gasteiger charge is 2.32. The summed E-state index contributed by atoms with van der Waals surface area (Å²) < 4.78 is 7.02. The number of primary amides is 1. The Labute approximate surface area is 213 Å². The molecule has 0 radical (unpaired) electrons. The third kappa shape index (κ3) is 4.15. The van der Waals surface area contributed by atoms with Crippen molar-refractivity contribution >= 4 is 28.4 Å². The van der Waals surface area contributed by atoms with Gasteiger partial charge in [0.25, 0.3) is 5.91 Å². The van der Waals surface area contributed by atoms with E-state index in [1.165, 1.54) is 4.90 Å². The molecule has 1 aromatic heterocycles. The van der Waals surface area contributed by atoms with E-state index in [1.54, 1.807) is 17.9 Å². The molecule has 0 saturated carbocycles. The Hall–Kier alpha value is -5.10. The van der Waals surface area contributed by atoms with Crippen molar-refractivity contribution in [2.75, 3.05) is 19.4 Å². The van der Waals surface area contributed by atoms with E-state index in [4.69, 9.17) is 16.2 Å². The highest BCUT2D eigenvalue weighted by molar-refractivity contribution is 6.06. The summed E-state index contributed by atoms with van der Waals surface area (Å²) in [6.45, 7) is 4.45. The first-order chi connectivity index (χ1) is 17.8. The molecule has 1 aliphatic rings. The molecule has 0 unspecified atom stereocenters. The number of ether oxygens (including phenoxy) is 1. The van der Waals surface area contributed by atoms with E-state index >= 15 is 0 Å². The first-order valence-corrected chi connectivity index (χ1v) is 11.5. The van der Waals surface area contributed by atoms with E-state index in [0.717, 1.165) is 33.5 Å². The van der Waals surface area contributed by atoms with Crippen LogP contribution in [0.5, 0.6) is 5.75 Å². The van der Waals surface area contributed by atoms with Gasteiger partial charge in [0, 0.05) is 23.2 Å². The number of nitrogens with two attached hydrogens (primary N) is 2. The summed E-state index contributed by atoms with van der Waals surface area (Å²) in [6.07, 6.45) is 0.